The minimum atomic E-state index is -0.779. The minimum absolute atomic E-state index is 0.00696. The number of carbonyl (C=O) groups is 2. The van der Waals surface area contributed by atoms with Crippen molar-refractivity contribution in [3.05, 3.63) is 0 Å². The number of amides is 2. The van der Waals surface area contributed by atoms with Crippen molar-refractivity contribution in [3.8, 4) is 0 Å². The van der Waals surface area contributed by atoms with Crippen LogP contribution < -0.4 is 10.6 Å². The molecule has 1 fully saturated rings. The van der Waals surface area contributed by atoms with Gasteiger partial charge in [-0.05, 0) is 38.0 Å². The lowest BCUT2D eigenvalue weighted by atomic mass is 9.84. The average Bonchev–Trinajstić information content (AvgIpc) is 2.90. The molecule has 1 aliphatic rings. The van der Waals surface area contributed by atoms with Gasteiger partial charge >= 0.3 is 12.0 Å². The van der Waals surface area contributed by atoms with Gasteiger partial charge in [0.1, 0.15) is 0 Å². The van der Waals surface area contributed by atoms with Gasteiger partial charge in [-0.1, -0.05) is 13.8 Å². The van der Waals surface area contributed by atoms with Gasteiger partial charge in [-0.2, -0.15) is 0 Å². The third-order valence-electron chi connectivity index (χ3n) is 3.98. The maximum absolute atomic E-state index is 11.8. The number of nitrogens with one attached hydrogen (secondary N) is 2. The van der Waals surface area contributed by atoms with Gasteiger partial charge in [-0.3, -0.25) is 4.79 Å². The van der Waals surface area contributed by atoms with Gasteiger partial charge in [-0.15, -0.1) is 0 Å². The molecule has 0 spiro atoms. The Hall–Kier alpha value is -1.30. The molecule has 0 aromatic carbocycles. The van der Waals surface area contributed by atoms with E-state index in [0.29, 0.717) is 13.0 Å². The summed E-state index contributed by atoms with van der Waals surface area (Å²) >= 11 is 0. The van der Waals surface area contributed by atoms with Gasteiger partial charge in [-0.25, -0.2) is 4.79 Å². The second-order valence-electron chi connectivity index (χ2n) is 6.55. The van der Waals surface area contributed by atoms with Gasteiger partial charge in [0, 0.05) is 19.6 Å². The molecule has 122 valence electrons. The molecule has 0 bridgehead atoms. The van der Waals surface area contributed by atoms with Gasteiger partial charge in [0.25, 0.3) is 0 Å². The predicted molar refractivity (Wildman–Crippen MR) is 80.2 cm³/mol. The molecular weight excluding hydrogens is 272 g/mol. The molecular formula is C15H28N2O4. The van der Waals surface area contributed by atoms with Crippen LogP contribution in [0.15, 0.2) is 0 Å². The lowest BCUT2D eigenvalue weighted by Crippen LogP contribution is -2.46. The summed E-state index contributed by atoms with van der Waals surface area (Å²) in [5.74, 6) is -0.779. The highest BCUT2D eigenvalue weighted by atomic mass is 16.5. The molecule has 6 nitrogen and oxygen atoms in total. The van der Waals surface area contributed by atoms with Crippen LogP contribution in [0.5, 0.6) is 0 Å². The van der Waals surface area contributed by atoms with Crippen LogP contribution in [-0.2, 0) is 9.53 Å². The number of rotatable bonds is 8. The maximum atomic E-state index is 11.8. The Bertz CT molecular complexity index is 352. The first-order valence-electron chi connectivity index (χ1n) is 7.68. The van der Waals surface area contributed by atoms with Crippen molar-refractivity contribution < 1.29 is 19.4 Å². The Balaban J connectivity index is 2.18. The highest BCUT2D eigenvalue weighted by molar-refractivity contribution is 5.74. The first-order valence-corrected chi connectivity index (χ1v) is 7.68. The summed E-state index contributed by atoms with van der Waals surface area (Å²) in [5, 5.41) is 14.4. The molecule has 2 amide bonds. The largest absolute Gasteiger partial charge is 0.481 e. The Labute approximate surface area is 126 Å². The fourth-order valence-corrected chi connectivity index (χ4v) is 2.43. The summed E-state index contributed by atoms with van der Waals surface area (Å²) in [6, 6.07) is -0.181. The number of hydrogen-bond donors (Lipinski definition) is 3. The Morgan fingerprint density at radius 2 is 2.10 bits per heavy atom. The second-order valence-corrected chi connectivity index (χ2v) is 6.55. The third-order valence-corrected chi connectivity index (χ3v) is 3.98. The van der Waals surface area contributed by atoms with Crippen molar-refractivity contribution in [2.24, 2.45) is 5.41 Å². The van der Waals surface area contributed by atoms with Crippen LogP contribution in [0.25, 0.3) is 0 Å². The van der Waals surface area contributed by atoms with Crippen LogP contribution in [0.4, 0.5) is 4.79 Å². The number of carboxylic acids is 1. The summed E-state index contributed by atoms with van der Waals surface area (Å²) in [4.78, 5) is 22.4. The van der Waals surface area contributed by atoms with E-state index in [-0.39, 0.29) is 30.0 Å². The molecule has 0 radical (unpaired) electrons. The summed E-state index contributed by atoms with van der Waals surface area (Å²) in [6.45, 7) is 7.30. The number of ether oxygens (including phenoxy) is 1. The SMILES string of the molecule is CC(NC(=O)NCCC(C)(C)CCC(=O)O)C1CCCO1. The van der Waals surface area contributed by atoms with Gasteiger partial charge in [0.15, 0.2) is 0 Å². The van der Waals surface area contributed by atoms with E-state index in [9.17, 15) is 9.59 Å². The zero-order valence-corrected chi connectivity index (χ0v) is 13.3. The summed E-state index contributed by atoms with van der Waals surface area (Å²) in [5.41, 5.74) is -0.0914. The van der Waals surface area contributed by atoms with Crippen LogP contribution in [0.3, 0.4) is 0 Å². The molecule has 1 heterocycles. The number of hydrogen-bond acceptors (Lipinski definition) is 3. The van der Waals surface area contributed by atoms with E-state index in [2.05, 4.69) is 10.6 Å². The molecule has 0 aromatic heterocycles. The lowest BCUT2D eigenvalue weighted by molar-refractivity contribution is -0.137. The predicted octanol–water partition coefficient (Wildman–Crippen LogP) is 2.13. The molecule has 6 heteroatoms. The van der Waals surface area contributed by atoms with Crippen molar-refractivity contribution >= 4 is 12.0 Å². The van der Waals surface area contributed by atoms with Gasteiger partial charge < -0.3 is 20.5 Å². The Morgan fingerprint density at radius 1 is 1.38 bits per heavy atom. The Kier molecular flexibility index (Phi) is 6.95. The summed E-state index contributed by atoms with van der Waals surface area (Å²) < 4.78 is 5.53. The molecule has 0 saturated carbocycles. The van der Waals surface area contributed by atoms with Crippen molar-refractivity contribution in [1.29, 1.82) is 0 Å². The summed E-state index contributed by atoms with van der Waals surface area (Å²) in [6.07, 6.45) is 3.68. The molecule has 0 aromatic rings. The molecule has 2 atom stereocenters. The molecule has 21 heavy (non-hydrogen) atoms. The first-order chi connectivity index (χ1) is 9.80. The number of urea groups is 1. The smallest absolute Gasteiger partial charge is 0.315 e. The van der Waals surface area contributed by atoms with Gasteiger partial charge in [0.2, 0.25) is 0 Å². The van der Waals surface area contributed by atoms with Crippen molar-refractivity contribution in [1.82, 2.24) is 10.6 Å². The normalized spacial score (nSPS) is 20.0. The van der Waals surface area contributed by atoms with Crippen LogP contribution >= 0.6 is 0 Å². The highest BCUT2D eigenvalue weighted by Gasteiger charge is 2.24. The first kappa shape index (κ1) is 17.8. The molecule has 1 aliphatic heterocycles. The summed E-state index contributed by atoms with van der Waals surface area (Å²) in [7, 11) is 0. The fraction of sp³-hybridized carbons (Fsp3) is 0.867. The number of carbonyl (C=O) groups excluding carboxylic acids is 1. The van der Waals surface area contributed by atoms with Crippen LogP contribution in [0.2, 0.25) is 0 Å². The van der Waals surface area contributed by atoms with Crippen molar-refractivity contribution in [2.75, 3.05) is 13.2 Å². The van der Waals surface area contributed by atoms with E-state index in [1.165, 1.54) is 0 Å². The quantitative estimate of drug-likeness (QED) is 0.641. The van der Waals surface area contributed by atoms with E-state index in [1.807, 2.05) is 20.8 Å². The molecule has 3 N–H and O–H groups in total. The minimum Gasteiger partial charge on any atom is -0.481 e. The van der Waals surface area contributed by atoms with E-state index in [1.54, 1.807) is 0 Å². The fourth-order valence-electron chi connectivity index (χ4n) is 2.43. The highest BCUT2D eigenvalue weighted by Crippen LogP contribution is 2.25. The molecule has 2 unspecified atom stereocenters. The van der Waals surface area contributed by atoms with Gasteiger partial charge in [0.05, 0.1) is 12.1 Å². The average molecular weight is 300 g/mol. The van der Waals surface area contributed by atoms with E-state index in [0.717, 1.165) is 25.9 Å². The van der Waals surface area contributed by atoms with E-state index >= 15 is 0 Å². The standard InChI is InChI=1S/C15H28N2O4/c1-11(12-5-4-10-21-12)17-14(20)16-9-8-15(2,3)7-6-13(18)19/h11-12H,4-10H2,1-3H3,(H,18,19)(H2,16,17,20). The molecule has 0 aliphatic carbocycles. The van der Waals surface area contributed by atoms with Crippen LogP contribution in [0.1, 0.15) is 52.9 Å². The van der Waals surface area contributed by atoms with Crippen molar-refractivity contribution in [3.63, 3.8) is 0 Å². The number of carboxylic acid groups (broad SMARTS) is 1. The van der Waals surface area contributed by atoms with Crippen LogP contribution in [0, 0.1) is 5.41 Å². The number of aliphatic carboxylic acids is 1. The lowest BCUT2D eigenvalue weighted by Gasteiger charge is -2.24. The topological polar surface area (TPSA) is 87.7 Å². The third kappa shape index (κ3) is 7.32. The zero-order valence-electron chi connectivity index (χ0n) is 13.3. The van der Waals surface area contributed by atoms with Crippen molar-refractivity contribution in [2.45, 2.75) is 65.0 Å². The maximum Gasteiger partial charge on any atom is 0.315 e. The van der Waals surface area contributed by atoms with Crippen LogP contribution in [-0.4, -0.2) is 42.4 Å². The molecule has 1 saturated heterocycles. The van der Waals surface area contributed by atoms with E-state index < -0.39 is 5.97 Å². The second kappa shape index (κ2) is 8.22. The molecule has 1 rings (SSSR count). The zero-order chi connectivity index (χ0) is 15.9. The monoisotopic (exact) mass is 300 g/mol. The Morgan fingerprint density at radius 3 is 2.67 bits per heavy atom. The van der Waals surface area contributed by atoms with E-state index in [4.69, 9.17) is 9.84 Å².